The first kappa shape index (κ1) is 23.1. The van der Waals surface area contributed by atoms with Crippen molar-refractivity contribution in [1.82, 2.24) is 0 Å². The van der Waals surface area contributed by atoms with Crippen LogP contribution in [0, 0.1) is 0 Å². The highest BCUT2D eigenvalue weighted by molar-refractivity contribution is 6.74. The molecule has 0 aliphatic carbocycles. The van der Waals surface area contributed by atoms with Gasteiger partial charge in [-0.15, -0.1) is 0 Å². The molecule has 0 saturated heterocycles. The zero-order chi connectivity index (χ0) is 21.8. The van der Waals surface area contributed by atoms with Gasteiger partial charge in [0.05, 0.1) is 18.9 Å². The Morgan fingerprint density at radius 3 is 2.24 bits per heavy atom. The lowest BCUT2D eigenvalue weighted by Crippen LogP contribution is -2.45. The van der Waals surface area contributed by atoms with Crippen molar-refractivity contribution in [2.45, 2.75) is 70.9 Å². The zero-order valence-corrected chi connectivity index (χ0v) is 19.2. The summed E-state index contributed by atoms with van der Waals surface area (Å²) in [6, 6.07) is 14.0. The molecule has 2 atom stereocenters. The third-order valence-corrected chi connectivity index (χ3v) is 10.2. The number of ether oxygens (including phenoxy) is 1. The molecule has 0 fully saturated rings. The first-order valence-electron chi connectivity index (χ1n) is 9.97. The molecule has 0 spiro atoms. The summed E-state index contributed by atoms with van der Waals surface area (Å²) in [6.07, 6.45) is -1.40. The predicted octanol–water partition coefficient (Wildman–Crippen LogP) is 5.70. The van der Waals surface area contributed by atoms with Gasteiger partial charge in [-0.3, -0.25) is 9.59 Å². The van der Waals surface area contributed by atoms with Crippen molar-refractivity contribution in [3.63, 3.8) is 0 Å². The van der Waals surface area contributed by atoms with Crippen LogP contribution in [0.3, 0.4) is 0 Å². The number of aliphatic carboxylic acids is 1. The second-order valence-electron chi connectivity index (χ2n) is 9.04. The number of rotatable bonds is 8. The standard InChI is InChI=1S/C23H32O5Si/c1-16(18-12-11-17-9-7-8-10-19(17)13-18)27-22(26)15-20(14-21(24)25)28-29(5,6)23(2,3)4/h7-13,16,20H,14-15H2,1-6H3,(H,24,25)/t16-,20-/m0/s1. The number of benzene rings is 2. The number of carbonyl (C=O) groups is 2. The molecule has 0 aliphatic heterocycles. The molecule has 0 bridgehead atoms. The van der Waals surface area contributed by atoms with E-state index in [1.54, 1.807) is 0 Å². The van der Waals surface area contributed by atoms with E-state index in [9.17, 15) is 14.7 Å². The SMILES string of the molecule is C[C@H](OC(=O)C[C@H](CC(=O)O)O[Si](C)(C)C(C)(C)C)c1ccc2ccccc2c1. The second-order valence-corrected chi connectivity index (χ2v) is 13.8. The molecule has 0 aliphatic rings. The summed E-state index contributed by atoms with van der Waals surface area (Å²) in [5.74, 6) is -1.43. The minimum absolute atomic E-state index is 0.0727. The first-order chi connectivity index (χ1) is 13.4. The highest BCUT2D eigenvalue weighted by Gasteiger charge is 2.40. The lowest BCUT2D eigenvalue weighted by atomic mass is 10.0. The van der Waals surface area contributed by atoms with Crippen LogP contribution >= 0.6 is 0 Å². The smallest absolute Gasteiger partial charge is 0.308 e. The molecule has 158 valence electrons. The van der Waals surface area contributed by atoms with Crippen LogP contribution < -0.4 is 0 Å². The van der Waals surface area contributed by atoms with E-state index in [1.165, 1.54) is 0 Å². The summed E-state index contributed by atoms with van der Waals surface area (Å²) in [4.78, 5) is 23.8. The van der Waals surface area contributed by atoms with Crippen LogP contribution in [-0.2, 0) is 18.8 Å². The van der Waals surface area contributed by atoms with Crippen molar-refractivity contribution in [3.8, 4) is 0 Å². The van der Waals surface area contributed by atoms with Crippen LogP contribution in [0.1, 0.15) is 52.2 Å². The number of carboxylic acids is 1. The average molecular weight is 417 g/mol. The van der Waals surface area contributed by atoms with E-state index in [2.05, 4.69) is 20.8 Å². The quantitative estimate of drug-likeness (QED) is 0.441. The molecule has 2 rings (SSSR count). The monoisotopic (exact) mass is 416 g/mol. The van der Waals surface area contributed by atoms with Crippen molar-refractivity contribution in [3.05, 3.63) is 48.0 Å². The number of carboxylic acid groups (broad SMARTS) is 1. The third-order valence-electron chi connectivity index (χ3n) is 5.62. The Bertz CT molecular complexity index is 869. The molecule has 1 N–H and O–H groups in total. The van der Waals surface area contributed by atoms with Crippen molar-refractivity contribution in [2.24, 2.45) is 0 Å². The van der Waals surface area contributed by atoms with Gasteiger partial charge < -0.3 is 14.3 Å². The zero-order valence-electron chi connectivity index (χ0n) is 18.2. The fraction of sp³-hybridized carbons (Fsp3) is 0.478. The number of carbonyl (C=O) groups excluding carboxylic acids is 1. The van der Waals surface area contributed by atoms with E-state index in [0.29, 0.717) is 0 Å². The molecule has 0 saturated carbocycles. The molecule has 29 heavy (non-hydrogen) atoms. The summed E-state index contributed by atoms with van der Waals surface area (Å²) < 4.78 is 11.8. The molecule has 0 aromatic heterocycles. The summed E-state index contributed by atoms with van der Waals surface area (Å²) in [7, 11) is -2.21. The molecular formula is C23H32O5Si. The highest BCUT2D eigenvalue weighted by atomic mass is 28.4. The van der Waals surface area contributed by atoms with Crippen molar-refractivity contribution in [2.75, 3.05) is 0 Å². The van der Waals surface area contributed by atoms with Crippen LogP contribution in [-0.4, -0.2) is 31.5 Å². The number of fused-ring (bicyclic) bond motifs is 1. The van der Waals surface area contributed by atoms with Gasteiger partial charge in [0.2, 0.25) is 0 Å². The van der Waals surface area contributed by atoms with E-state index < -0.39 is 32.5 Å². The van der Waals surface area contributed by atoms with Gasteiger partial charge >= 0.3 is 11.9 Å². The average Bonchev–Trinajstić information content (AvgIpc) is 2.59. The van der Waals surface area contributed by atoms with Crippen LogP contribution in [0.15, 0.2) is 42.5 Å². The number of esters is 1. The fourth-order valence-electron chi connectivity index (χ4n) is 2.90. The maximum absolute atomic E-state index is 12.5. The fourth-order valence-corrected chi connectivity index (χ4v) is 4.26. The van der Waals surface area contributed by atoms with E-state index in [1.807, 2.05) is 62.5 Å². The predicted molar refractivity (Wildman–Crippen MR) is 117 cm³/mol. The van der Waals surface area contributed by atoms with Crippen LogP contribution in [0.5, 0.6) is 0 Å². The normalized spacial score (nSPS) is 14.4. The molecular weight excluding hydrogens is 384 g/mol. The van der Waals surface area contributed by atoms with Gasteiger partial charge in [0.1, 0.15) is 6.10 Å². The molecule has 0 radical (unpaired) electrons. The van der Waals surface area contributed by atoms with Crippen molar-refractivity contribution >= 4 is 31.0 Å². The van der Waals surface area contributed by atoms with E-state index in [0.717, 1.165) is 16.3 Å². The summed E-state index contributed by atoms with van der Waals surface area (Å²) in [6.45, 7) is 12.2. The molecule has 6 heteroatoms. The summed E-state index contributed by atoms with van der Waals surface area (Å²) >= 11 is 0. The van der Waals surface area contributed by atoms with Gasteiger partial charge in [-0.25, -0.2) is 0 Å². The van der Waals surface area contributed by atoms with Crippen LogP contribution in [0.4, 0.5) is 0 Å². The summed E-state index contributed by atoms with van der Waals surface area (Å²) in [5, 5.41) is 11.4. The van der Waals surface area contributed by atoms with Crippen molar-refractivity contribution < 1.29 is 23.9 Å². The largest absolute Gasteiger partial charge is 0.481 e. The van der Waals surface area contributed by atoms with Gasteiger partial charge in [0, 0.05) is 0 Å². The Morgan fingerprint density at radius 1 is 1.03 bits per heavy atom. The van der Waals surface area contributed by atoms with E-state index in [4.69, 9.17) is 9.16 Å². The number of hydrogen-bond donors (Lipinski definition) is 1. The van der Waals surface area contributed by atoms with Crippen LogP contribution in [0.2, 0.25) is 18.1 Å². The molecule has 0 amide bonds. The third kappa shape index (κ3) is 6.40. The Hall–Kier alpha value is -2.18. The lowest BCUT2D eigenvalue weighted by Gasteiger charge is -2.38. The maximum Gasteiger partial charge on any atom is 0.308 e. The Balaban J connectivity index is 2.06. The van der Waals surface area contributed by atoms with Gasteiger partial charge in [-0.1, -0.05) is 57.2 Å². The maximum atomic E-state index is 12.5. The highest BCUT2D eigenvalue weighted by Crippen LogP contribution is 2.38. The van der Waals surface area contributed by atoms with E-state index >= 15 is 0 Å². The minimum Gasteiger partial charge on any atom is -0.481 e. The molecule has 2 aromatic carbocycles. The Morgan fingerprint density at radius 2 is 1.66 bits per heavy atom. The minimum atomic E-state index is -2.21. The van der Waals surface area contributed by atoms with Crippen LogP contribution in [0.25, 0.3) is 10.8 Å². The number of hydrogen-bond acceptors (Lipinski definition) is 4. The lowest BCUT2D eigenvalue weighted by molar-refractivity contribution is -0.151. The molecule has 2 aromatic rings. The molecule has 0 unspecified atom stereocenters. The molecule has 0 heterocycles. The second kappa shape index (κ2) is 9.09. The topological polar surface area (TPSA) is 72.8 Å². The van der Waals surface area contributed by atoms with Gasteiger partial charge in [0.25, 0.3) is 0 Å². The Labute approximate surface area is 174 Å². The van der Waals surface area contributed by atoms with Gasteiger partial charge in [-0.2, -0.15) is 0 Å². The first-order valence-corrected chi connectivity index (χ1v) is 12.9. The van der Waals surface area contributed by atoms with Crippen molar-refractivity contribution in [1.29, 1.82) is 0 Å². The Kier molecular flexibility index (Phi) is 7.24. The van der Waals surface area contributed by atoms with E-state index in [-0.39, 0.29) is 17.9 Å². The van der Waals surface area contributed by atoms with Gasteiger partial charge in [0.15, 0.2) is 8.32 Å². The van der Waals surface area contributed by atoms with Gasteiger partial charge in [-0.05, 0) is 47.5 Å². The summed E-state index contributed by atoms with van der Waals surface area (Å²) in [5.41, 5.74) is 0.900. The molecule has 5 nitrogen and oxygen atoms in total.